The predicted octanol–water partition coefficient (Wildman–Crippen LogP) is 1.03. The molecule has 0 aliphatic carbocycles. The number of carbonyl (C=O) groups is 1. The molecule has 0 aromatic carbocycles. The first kappa shape index (κ1) is 15.4. The van der Waals surface area contributed by atoms with Gasteiger partial charge in [0.25, 0.3) is 0 Å². The number of carbonyl (C=O) groups excluding carboxylic acids is 1. The summed E-state index contributed by atoms with van der Waals surface area (Å²) < 4.78 is 0. The summed E-state index contributed by atoms with van der Waals surface area (Å²) in [5.74, 6) is 0.300. The molecule has 16 heavy (non-hydrogen) atoms. The van der Waals surface area contributed by atoms with E-state index in [0.29, 0.717) is 12.5 Å². The van der Waals surface area contributed by atoms with Crippen molar-refractivity contribution in [2.24, 2.45) is 11.7 Å². The number of nitrogens with two attached hydrogens (primary N) is 1. The van der Waals surface area contributed by atoms with E-state index in [0.717, 1.165) is 32.1 Å². The van der Waals surface area contributed by atoms with Crippen LogP contribution in [0.2, 0.25) is 0 Å². The van der Waals surface area contributed by atoms with Crippen LogP contribution in [0.4, 0.5) is 0 Å². The van der Waals surface area contributed by atoms with Crippen LogP contribution in [-0.4, -0.2) is 30.2 Å². The number of rotatable bonds is 9. The monoisotopic (exact) mass is 230 g/mol. The zero-order valence-electron chi connectivity index (χ0n) is 10.5. The maximum absolute atomic E-state index is 11.5. The Morgan fingerprint density at radius 3 is 2.38 bits per heavy atom. The van der Waals surface area contributed by atoms with E-state index in [-0.39, 0.29) is 18.6 Å². The van der Waals surface area contributed by atoms with Crippen molar-refractivity contribution in [2.75, 3.05) is 13.2 Å². The van der Waals surface area contributed by atoms with Crippen LogP contribution in [0.15, 0.2) is 0 Å². The first-order chi connectivity index (χ1) is 7.65. The lowest BCUT2D eigenvalue weighted by molar-refractivity contribution is -0.122. The third-order valence-electron chi connectivity index (χ3n) is 2.74. The highest BCUT2D eigenvalue weighted by molar-refractivity contribution is 5.81. The van der Waals surface area contributed by atoms with Gasteiger partial charge < -0.3 is 16.2 Å². The molecule has 2 atom stereocenters. The van der Waals surface area contributed by atoms with Crippen LogP contribution in [0.3, 0.4) is 0 Å². The average Bonchev–Trinajstić information content (AvgIpc) is 2.26. The Labute approximate surface area is 98.6 Å². The summed E-state index contributed by atoms with van der Waals surface area (Å²) >= 11 is 0. The molecule has 0 aliphatic rings. The van der Waals surface area contributed by atoms with Crippen LogP contribution in [0.25, 0.3) is 0 Å². The van der Waals surface area contributed by atoms with Crippen molar-refractivity contribution < 1.29 is 9.90 Å². The number of hydrogen-bond donors (Lipinski definition) is 3. The van der Waals surface area contributed by atoms with Gasteiger partial charge in [0.1, 0.15) is 0 Å². The number of amides is 1. The van der Waals surface area contributed by atoms with Gasteiger partial charge in [0.15, 0.2) is 0 Å². The van der Waals surface area contributed by atoms with E-state index in [4.69, 9.17) is 10.8 Å². The molecule has 0 rings (SSSR count). The third-order valence-corrected chi connectivity index (χ3v) is 2.74. The minimum Gasteiger partial charge on any atom is -0.396 e. The van der Waals surface area contributed by atoms with E-state index >= 15 is 0 Å². The van der Waals surface area contributed by atoms with Crippen LogP contribution >= 0.6 is 0 Å². The predicted molar refractivity (Wildman–Crippen MR) is 66.0 cm³/mol. The summed E-state index contributed by atoms with van der Waals surface area (Å²) in [4.78, 5) is 11.5. The van der Waals surface area contributed by atoms with Crippen molar-refractivity contribution in [3.05, 3.63) is 0 Å². The van der Waals surface area contributed by atoms with Gasteiger partial charge in [0.2, 0.25) is 5.91 Å². The largest absolute Gasteiger partial charge is 0.396 e. The van der Waals surface area contributed by atoms with Gasteiger partial charge in [0.05, 0.1) is 6.04 Å². The molecular formula is C12H26N2O2. The summed E-state index contributed by atoms with van der Waals surface area (Å²) in [6, 6.07) is -0.388. The van der Waals surface area contributed by atoms with Crippen molar-refractivity contribution in [1.29, 1.82) is 0 Å². The SMILES string of the molecule is CCCC(CCO)CNC(=O)[C@@H](N)CCC. The second-order valence-electron chi connectivity index (χ2n) is 4.31. The minimum absolute atomic E-state index is 0.0686. The Hall–Kier alpha value is -0.610. The highest BCUT2D eigenvalue weighted by atomic mass is 16.3. The molecule has 4 heteroatoms. The molecule has 0 aliphatic heterocycles. The van der Waals surface area contributed by atoms with Crippen molar-refractivity contribution in [3.63, 3.8) is 0 Å². The molecule has 0 fully saturated rings. The fourth-order valence-electron chi connectivity index (χ4n) is 1.76. The molecule has 4 N–H and O–H groups in total. The molecule has 4 nitrogen and oxygen atoms in total. The Morgan fingerprint density at radius 1 is 1.25 bits per heavy atom. The summed E-state index contributed by atoms with van der Waals surface area (Å²) in [7, 11) is 0. The van der Waals surface area contributed by atoms with Crippen molar-refractivity contribution in [2.45, 2.75) is 52.0 Å². The molecule has 1 amide bonds. The van der Waals surface area contributed by atoms with Crippen molar-refractivity contribution in [3.8, 4) is 0 Å². The summed E-state index contributed by atoms with van der Waals surface area (Å²) in [5.41, 5.74) is 5.70. The fraction of sp³-hybridized carbons (Fsp3) is 0.917. The van der Waals surface area contributed by atoms with E-state index in [9.17, 15) is 4.79 Å². The van der Waals surface area contributed by atoms with Crippen molar-refractivity contribution in [1.82, 2.24) is 5.32 Å². The standard InChI is InChI=1S/C12H26N2O2/c1-3-5-10(7-8-15)9-14-12(16)11(13)6-4-2/h10-11,15H,3-9,13H2,1-2H3,(H,14,16)/t10?,11-/m0/s1. The molecule has 1 unspecified atom stereocenters. The lowest BCUT2D eigenvalue weighted by Crippen LogP contribution is -2.42. The highest BCUT2D eigenvalue weighted by Crippen LogP contribution is 2.09. The number of nitrogens with one attached hydrogen (secondary N) is 1. The quantitative estimate of drug-likeness (QED) is 0.554. The van der Waals surface area contributed by atoms with E-state index in [1.54, 1.807) is 0 Å². The lowest BCUT2D eigenvalue weighted by Gasteiger charge is -2.17. The first-order valence-corrected chi connectivity index (χ1v) is 6.29. The van der Waals surface area contributed by atoms with Crippen molar-refractivity contribution >= 4 is 5.91 Å². The number of hydrogen-bond acceptors (Lipinski definition) is 3. The zero-order valence-corrected chi connectivity index (χ0v) is 10.5. The Morgan fingerprint density at radius 2 is 1.88 bits per heavy atom. The topological polar surface area (TPSA) is 75.3 Å². The highest BCUT2D eigenvalue weighted by Gasteiger charge is 2.14. The summed E-state index contributed by atoms with van der Waals surface area (Å²) in [6.45, 7) is 4.93. The molecule has 0 saturated heterocycles. The number of aliphatic hydroxyl groups is 1. The fourth-order valence-corrected chi connectivity index (χ4v) is 1.76. The van der Waals surface area contributed by atoms with E-state index < -0.39 is 0 Å². The Balaban J connectivity index is 3.85. The Bertz CT molecular complexity index is 180. The summed E-state index contributed by atoms with van der Waals surface area (Å²) in [6.07, 6.45) is 4.50. The van der Waals surface area contributed by atoms with E-state index in [2.05, 4.69) is 12.2 Å². The maximum Gasteiger partial charge on any atom is 0.236 e. The van der Waals surface area contributed by atoms with Crippen LogP contribution in [-0.2, 0) is 4.79 Å². The van der Waals surface area contributed by atoms with Gasteiger partial charge >= 0.3 is 0 Å². The number of aliphatic hydroxyl groups excluding tert-OH is 1. The van der Waals surface area contributed by atoms with Crippen LogP contribution in [0.5, 0.6) is 0 Å². The molecule has 0 heterocycles. The smallest absolute Gasteiger partial charge is 0.236 e. The lowest BCUT2D eigenvalue weighted by atomic mass is 10.00. The second-order valence-corrected chi connectivity index (χ2v) is 4.31. The first-order valence-electron chi connectivity index (χ1n) is 6.29. The van der Waals surface area contributed by atoms with E-state index in [1.807, 2.05) is 6.92 Å². The molecule has 0 saturated carbocycles. The van der Waals surface area contributed by atoms with Gasteiger partial charge in [-0.25, -0.2) is 0 Å². The van der Waals surface area contributed by atoms with Gasteiger partial charge in [-0.2, -0.15) is 0 Å². The van der Waals surface area contributed by atoms with Crippen LogP contribution < -0.4 is 11.1 Å². The minimum atomic E-state index is -0.388. The molecule has 0 bridgehead atoms. The molecular weight excluding hydrogens is 204 g/mol. The molecule has 0 aromatic heterocycles. The molecule has 0 aromatic rings. The van der Waals surface area contributed by atoms with E-state index in [1.165, 1.54) is 0 Å². The van der Waals surface area contributed by atoms with Gasteiger partial charge in [-0.15, -0.1) is 0 Å². The summed E-state index contributed by atoms with van der Waals surface area (Å²) in [5, 5.41) is 11.7. The van der Waals surface area contributed by atoms with Crippen LogP contribution in [0.1, 0.15) is 46.0 Å². The van der Waals surface area contributed by atoms with Gasteiger partial charge in [-0.05, 0) is 25.2 Å². The van der Waals surface area contributed by atoms with Gasteiger partial charge in [-0.1, -0.05) is 26.7 Å². The second kappa shape index (κ2) is 9.60. The average molecular weight is 230 g/mol. The third kappa shape index (κ3) is 6.80. The van der Waals surface area contributed by atoms with Crippen LogP contribution in [0, 0.1) is 5.92 Å². The molecule has 0 spiro atoms. The zero-order chi connectivity index (χ0) is 12.4. The Kier molecular flexibility index (Phi) is 9.24. The van der Waals surface area contributed by atoms with Gasteiger partial charge in [-0.3, -0.25) is 4.79 Å². The maximum atomic E-state index is 11.5. The normalized spacial score (nSPS) is 14.5. The van der Waals surface area contributed by atoms with Gasteiger partial charge in [0, 0.05) is 13.2 Å². The molecule has 96 valence electrons. The molecule has 0 radical (unpaired) electrons.